The Bertz CT molecular complexity index is 844. The molecule has 4 rings (SSSR count). The van der Waals surface area contributed by atoms with E-state index in [2.05, 4.69) is 21.5 Å². The van der Waals surface area contributed by atoms with E-state index in [4.69, 9.17) is 15.2 Å². The predicted molar refractivity (Wildman–Crippen MR) is 79.8 cm³/mol. The Kier molecular flexibility index (Phi) is 2.93. The van der Waals surface area contributed by atoms with Gasteiger partial charge in [0.25, 0.3) is 0 Å². The molecule has 4 N–H and O–H groups in total. The van der Waals surface area contributed by atoms with Crippen LogP contribution in [0.2, 0.25) is 0 Å². The third-order valence-corrected chi connectivity index (χ3v) is 4.62. The standard InChI is InChI=1S/C14H16FN5O4/c1-3-13-11(21)14(13,22)7(15)10(24-13)20-5-17-6-8(20)18-12(16)19-9(6)23-4-2/h3,5,7,10-11,21-22H,1,4H2,2H3,(H2,16,18,19)/t7-,10+,11?,13+,14+/m0/s1. The number of aromatic nitrogens is 4. The second kappa shape index (κ2) is 4.62. The van der Waals surface area contributed by atoms with Gasteiger partial charge in [-0.2, -0.15) is 9.97 Å². The quantitative estimate of drug-likeness (QED) is 0.649. The Morgan fingerprint density at radius 2 is 2.33 bits per heavy atom. The van der Waals surface area contributed by atoms with Crippen LogP contribution in [0.25, 0.3) is 11.2 Å². The molecule has 0 spiro atoms. The number of hydrogen-bond donors (Lipinski definition) is 3. The van der Waals surface area contributed by atoms with E-state index >= 15 is 0 Å². The van der Waals surface area contributed by atoms with Crippen LogP contribution in [0.5, 0.6) is 5.88 Å². The highest BCUT2D eigenvalue weighted by Crippen LogP contribution is 2.64. The van der Waals surface area contributed by atoms with Gasteiger partial charge in [-0.1, -0.05) is 6.08 Å². The zero-order valence-corrected chi connectivity index (χ0v) is 12.8. The summed E-state index contributed by atoms with van der Waals surface area (Å²) in [5.74, 6) is 0.109. The van der Waals surface area contributed by atoms with E-state index in [1.165, 1.54) is 17.0 Å². The van der Waals surface area contributed by atoms with Crippen LogP contribution in [0.3, 0.4) is 0 Å². The molecule has 128 valence electrons. The van der Waals surface area contributed by atoms with Crippen LogP contribution in [-0.2, 0) is 4.74 Å². The molecule has 1 unspecified atom stereocenters. The number of hydrogen-bond acceptors (Lipinski definition) is 8. The van der Waals surface area contributed by atoms with Crippen LogP contribution in [0, 0.1) is 0 Å². The van der Waals surface area contributed by atoms with Crippen LogP contribution in [-0.4, -0.2) is 59.8 Å². The lowest BCUT2D eigenvalue weighted by Crippen LogP contribution is -2.33. The second-order valence-electron chi connectivity index (χ2n) is 5.78. The molecule has 2 aliphatic rings. The third kappa shape index (κ3) is 1.55. The van der Waals surface area contributed by atoms with Gasteiger partial charge in [-0.25, -0.2) is 9.37 Å². The van der Waals surface area contributed by atoms with Crippen molar-refractivity contribution in [2.45, 2.75) is 36.6 Å². The van der Waals surface area contributed by atoms with Crippen molar-refractivity contribution in [3.05, 3.63) is 19.0 Å². The second-order valence-corrected chi connectivity index (χ2v) is 5.78. The first kappa shape index (κ1) is 15.2. The third-order valence-electron chi connectivity index (χ3n) is 4.62. The van der Waals surface area contributed by atoms with Crippen molar-refractivity contribution in [1.82, 2.24) is 19.5 Å². The van der Waals surface area contributed by atoms with Crippen LogP contribution >= 0.6 is 0 Å². The zero-order valence-electron chi connectivity index (χ0n) is 12.8. The van der Waals surface area contributed by atoms with Gasteiger partial charge in [0.1, 0.15) is 6.10 Å². The maximum absolute atomic E-state index is 14.8. The molecular formula is C14H16FN5O4. The minimum atomic E-state index is -2.04. The molecule has 5 atom stereocenters. The number of nitrogens with zero attached hydrogens (tertiary/aromatic N) is 4. The van der Waals surface area contributed by atoms with E-state index in [0.29, 0.717) is 12.1 Å². The lowest BCUT2D eigenvalue weighted by atomic mass is 10.1. The van der Waals surface area contributed by atoms with Gasteiger partial charge in [0.2, 0.25) is 11.8 Å². The molecule has 2 fully saturated rings. The van der Waals surface area contributed by atoms with Crippen LogP contribution in [0.4, 0.5) is 10.3 Å². The average molecular weight is 337 g/mol. The number of rotatable bonds is 4. The molecule has 2 aromatic rings. The molecule has 24 heavy (non-hydrogen) atoms. The fourth-order valence-corrected chi connectivity index (χ4v) is 3.31. The number of aliphatic hydroxyl groups excluding tert-OH is 1. The van der Waals surface area contributed by atoms with Gasteiger partial charge < -0.3 is 25.4 Å². The summed E-state index contributed by atoms with van der Waals surface area (Å²) in [5, 5.41) is 20.2. The first-order chi connectivity index (χ1) is 11.4. The van der Waals surface area contributed by atoms with Crippen molar-refractivity contribution >= 4 is 17.1 Å². The van der Waals surface area contributed by atoms with Gasteiger partial charge in [0.05, 0.1) is 12.9 Å². The molecule has 0 aromatic carbocycles. The van der Waals surface area contributed by atoms with Crippen molar-refractivity contribution in [2.24, 2.45) is 0 Å². The fourth-order valence-electron chi connectivity index (χ4n) is 3.31. The molecule has 9 nitrogen and oxygen atoms in total. The normalized spacial score (nSPS) is 37.4. The van der Waals surface area contributed by atoms with Crippen LogP contribution in [0.15, 0.2) is 19.0 Å². The van der Waals surface area contributed by atoms with E-state index in [0.717, 1.165) is 0 Å². The molecule has 10 heteroatoms. The van der Waals surface area contributed by atoms with Gasteiger partial charge in [-0.3, -0.25) is 4.57 Å². The molecule has 1 saturated heterocycles. The number of halogens is 1. The summed E-state index contributed by atoms with van der Waals surface area (Å²) < 4.78 is 27.0. The summed E-state index contributed by atoms with van der Waals surface area (Å²) in [7, 11) is 0. The van der Waals surface area contributed by atoms with Crippen molar-refractivity contribution in [2.75, 3.05) is 12.3 Å². The smallest absolute Gasteiger partial charge is 0.247 e. The Morgan fingerprint density at radius 1 is 1.58 bits per heavy atom. The summed E-state index contributed by atoms with van der Waals surface area (Å²) in [6.07, 6.45) is -2.02. The Labute approximate surface area is 135 Å². The minimum absolute atomic E-state index is 0.0663. The van der Waals surface area contributed by atoms with Crippen molar-refractivity contribution in [3.8, 4) is 5.88 Å². The lowest BCUT2D eigenvalue weighted by molar-refractivity contribution is -0.0763. The van der Waals surface area contributed by atoms with Crippen molar-refractivity contribution < 1.29 is 24.1 Å². The number of ether oxygens (including phenoxy) is 2. The molecule has 1 saturated carbocycles. The van der Waals surface area contributed by atoms with Crippen molar-refractivity contribution in [1.29, 1.82) is 0 Å². The minimum Gasteiger partial charge on any atom is -0.476 e. The number of anilines is 1. The molecular weight excluding hydrogens is 321 g/mol. The first-order valence-corrected chi connectivity index (χ1v) is 7.39. The Hall–Kier alpha value is -2.30. The topological polar surface area (TPSA) is 129 Å². The van der Waals surface area contributed by atoms with Gasteiger partial charge in [0, 0.05) is 0 Å². The Balaban J connectivity index is 1.80. The summed E-state index contributed by atoms with van der Waals surface area (Å²) >= 11 is 0. The molecule has 0 radical (unpaired) electrons. The maximum atomic E-state index is 14.8. The lowest BCUT2D eigenvalue weighted by Gasteiger charge is -2.21. The largest absolute Gasteiger partial charge is 0.476 e. The highest BCUT2D eigenvalue weighted by molar-refractivity contribution is 5.77. The summed E-state index contributed by atoms with van der Waals surface area (Å²) in [5.41, 5.74) is 2.58. The monoisotopic (exact) mass is 337 g/mol. The summed E-state index contributed by atoms with van der Waals surface area (Å²) in [4.78, 5) is 12.1. The van der Waals surface area contributed by atoms with Crippen LogP contribution < -0.4 is 10.5 Å². The SMILES string of the molecule is C=C[C@]12O[C@@H](n3cnc4c(OCC)nc(N)nc43)[C@H](F)[C@@]1(O)C2O. The molecule has 3 heterocycles. The molecule has 0 amide bonds. The highest BCUT2D eigenvalue weighted by Gasteiger charge is 2.87. The van der Waals surface area contributed by atoms with Gasteiger partial charge in [0.15, 0.2) is 34.8 Å². The van der Waals surface area contributed by atoms with Gasteiger partial charge in [-0.15, -0.1) is 6.58 Å². The Morgan fingerprint density at radius 3 is 2.96 bits per heavy atom. The zero-order chi connectivity index (χ0) is 17.3. The molecule has 1 aliphatic heterocycles. The number of imidazole rings is 1. The van der Waals surface area contributed by atoms with Crippen molar-refractivity contribution in [3.63, 3.8) is 0 Å². The number of nitrogens with two attached hydrogens (primary N) is 1. The van der Waals surface area contributed by atoms with Gasteiger partial charge >= 0.3 is 0 Å². The fraction of sp³-hybridized carbons (Fsp3) is 0.500. The van der Waals surface area contributed by atoms with E-state index in [-0.39, 0.29) is 17.5 Å². The molecule has 0 bridgehead atoms. The molecule has 1 aliphatic carbocycles. The number of fused-ring (bicyclic) bond motifs is 2. The van der Waals surface area contributed by atoms with E-state index in [1.54, 1.807) is 6.92 Å². The first-order valence-electron chi connectivity index (χ1n) is 7.39. The number of alkyl halides is 1. The summed E-state index contributed by atoms with van der Waals surface area (Å²) in [6, 6.07) is 0. The van der Waals surface area contributed by atoms with Crippen LogP contribution in [0.1, 0.15) is 13.2 Å². The highest BCUT2D eigenvalue weighted by atomic mass is 19.1. The van der Waals surface area contributed by atoms with E-state index in [9.17, 15) is 14.6 Å². The van der Waals surface area contributed by atoms with E-state index < -0.39 is 29.7 Å². The molecule has 2 aromatic heterocycles. The predicted octanol–water partition coefficient (Wildman–Crippen LogP) is -0.296. The number of aliphatic hydroxyl groups is 2. The average Bonchev–Trinajstić information content (AvgIpc) is 2.85. The number of nitrogen functional groups attached to an aromatic ring is 1. The van der Waals surface area contributed by atoms with Gasteiger partial charge in [-0.05, 0) is 6.92 Å². The van der Waals surface area contributed by atoms with E-state index in [1.807, 2.05) is 0 Å². The maximum Gasteiger partial charge on any atom is 0.247 e. The summed E-state index contributed by atoms with van der Waals surface area (Å²) in [6.45, 7) is 5.63.